The molecule has 0 fully saturated rings. The molecule has 0 aliphatic rings. The Hall–Kier alpha value is -4.69. The highest BCUT2D eigenvalue weighted by molar-refractivity contribution is 6.09. The van der Waals surface area contributed by atoms with Crippen LogP contribution in [-0.4, -0.2) is 32.6 Å². The number of aromatic nitrogens is 3. The molecule has 0 saturated carbocycles. The van der Waals surface area contributed by atoms with Crippen molar-refractivity contribution in [3.63, 3.8) is 0 Å². The van der Waals surface area contributed by atoms with E-state index in [0.29, 0.717) is 11.5 Å². The number of nitrogens with zero attached hydrogens (tertiary/aromatic N) is 4. The predicted octanol–water partition coefficient (Wildman–Crippen LogP) is 6.76. The standard InChI is InChI=1S/C31H32N6O2/c1-21-9-11-23(12-10-21)37-29(19-28(35-37)31(2,3)4)34-30(39)33-26-13-14-27(25-8-6-5-7-24(25)26)36(20-38)22-15-17-32-18-16-22/h5-19,38H,20H2,1-4H3,(H2,33,34,39). The van der Waals surface area contributed by atoms with Crippen LogP contribution in [0.4, 0.5) is 27.7 Å². The molecule has 0 radical (unpaired) electrons. The smallest absolute Gasteiger partial charge is 0.324 e. The van der Waals surface area contributed by atoms with Gasteiger partial charge in [-0.15, -0.1) is 0 Å². The fraction of sp³-hybridized carbons (Fsp3) is 0.194. The van der Waals surface area contributed by atoms with Crippen molar-refractivity contribution >= 4 is 39.7 Å². The van der Waals surface area contributed by atoms with Gasteiger partial charge in [-0.3, -0.25) is 10.3 Å². The normalized spacial score (nSPS) is 11.4. The summed E-state index contributed by atoms with van der Waals surface area (Å²) in [6.45, 7) is 8.10. The van der Waals surface area contributed by atoms with Crippen molar-refractivity contribution in [3.05, 3.63) is 103 Å². The number of rotatable bonds is 6. The number of aliphatic hydroxyl groups excluding tert-OH is 1. The van der Waals surface area contributed by atoms with Crippen molar-refractivity contribution in [3.8, 4) is 5.69 Å². The molecule has 0 atom stereocenters. The largest absolute Gasteiger partial charge is 0.376 e. The molecule has 2 aromatic heterocycles. The third kappa shape index (κ3) is 5.46. The highest BCUT2D eigenvalue weighted by atomic mass is 16.3. The minimum absolute atomic E-state index is 0.192. The van der Waals surface area contributed by atoms with Crippen molar-refractivity contribution in [2.45, 2.75) is 33.1 Å². The first kappa shape index (κ1) is 25.9. The Bertz CT molecular complexity index is 1600. The van der Waals surface area contributed by atoms with Crippen molar-refractivity contribution in [1.29, 1.82) is 0 Å². The summed E-state index contributed by atoms with van der Waals surface area (Å²) in [5, 5.41) is 22.7. The second-order valence-corrected chi connectivity index (χ2v) is 10.4. The molecule has 0 bridgehead atoms. The molecule has 39 heavy (non-hydrogen) atoms. The SMILES string of the molecule is Cc1ccc(-n2nc(C(C)(C)C)cc2NC(=O)Nc2ccc(N(CO)c3ccncc3)c3ccccc23)cc1. The lowest BCUT2D eigenvalue weighted by Crippen LogP contribution is -2.22. The van der Waals surface area contributed by atoms with E-state index in [9.17, 15) is 9.90 Å². The summed E-state index contributed by atoms with van der Waals surface area (Å²) >= 11 is 0. The van der Waals surface area contributed by atoms with Gasteiger partial charge in [0, 0.05) is 40.3 Å². The van der Waals surface area contributed by atoms with Gasteiger partial charge >= 0.3 is 6.03 Å². The van der Waals surface area contributed by atoms with Gasteiger partial charge in [0.15, 0.2) is 0 Å². The number of anilines is 4. The highest BCUT2D eigenvalue weighted by Crippen LogP contribution is 2.36. The number of fused-ring (bicyclic) bond motifs is 1. The van der Waals surface area contributed by atoms with Gasteiger partial charge in [0.25, 0.3) is 0 Å². The number of nitrogens with one attached hydrogen (secondary N) is 2. The summed E-state index contributed by atoms with van der Waals surface area (Å²) in [4.78, 5) is 19.2. The molecule has 3 aromatic carbocycles. The zero-order valence-corrected chi connectivity index (χ0v) is 22.5. The van der Waals surface area contributed by atoms with Crippen LogP contribution in [0, 0.1) is 6.92 Å². The average molecular weight is 521 g/mol. The molecular weight excluding hydrogens is 488 g/mol. The number of aryl methyl sites for hydroxylation is 1. The Morgan fingerprint density at radius 2 is 1.62 bits per heavy atom. The van der Waals surface area contributed by atoms with Crippen molar-refractivity contribution in [2.24, 2.45) is 0 Å². The molecule has 0 saturated heterocycles. The van der Waals surface area contributed by atoms with Crippen LogP contribution in [0.2, 0.25) is 0 Å². The van der Waals surface area contributed by atoms with Gasteiger partial charge in [0.05, 0.1) is 22.8 Å². The lowest BCUT2D eigenvalue weighted by molar-refractivity contribution is 0.262. The van der Waals surface area contributed by atoms with Crippen LogP contribution < -0.4 is 15.5 Å². The van der Waals surface area contributed by atoms with Crippen LogP contribution in [0.1, 0.15) is 32.0 Å². The van der Waals surface area contributed by atoms with Gasteiger partial charge in [0.1, 0.15) is 12.5 Å². The van der Waals surface area contributed by atoms with Crippen LogP contribution in [0.5, 0.6) is 0 Å². The van der Waals surface area contributed by atoms with Crippen LogP contribution in [0.3, 0.4) is 0 Å². The van der Waals surface area contributed by atoms with E-state index in [-0.39, 0.29) is 18.2 Å². The topological polar surface area (TPSA) is 95.3 Å². The quantitative estimate of drug-likeness (QED) is 0.215. The number of pyridine rings is 1. The van der Waals surface area contributed by atoms with E-state index < -0.39 is 0 Å². The van der Waals surface area contributed by atoms with Gasteiger partial charge in [-0.05, 0) is 43.3 Å². The van der Waals surface area contributed by atoms with Crippen molar-refractivity contribution in [2.75, 3.05) is 22.3 Å². The first-order valence-corrected chi connectivity index (χ1v) is 12.8. The number of aliphatic hydroxyl groups is 1. The second-order valence-electron chi connectivity index (χ2n) is 10.4. The third-order valence-corrected chi connectivity index (χ3v) is 6.55. The molecule has 0 aliphatic heterocycles. The molecule has 0 aliphatic carbocycles. The lowest BCUT2D eigenvalue weighted by Gasteiger charge is -2.24. The average Bonchev–Trinajstić information content (AvgIpc) is 3.35. The first-order valence-electron chi connectivity index (χ1n) is 12.8. The number of hydrogen-bond donors (Lipinski definition) is 3. The van der Waals surface area contributed by atoms with Crippen molar-refractivity contribution in [1.82, 2.24) is 14.8 Å². The molecular formula is C31H32N6O2. The number of amides is 2. The monoisotopic (exact) mass is 520 g/mol. The van der Waals surface area contributed by atoms with Crippen LogP contribution in [-0.2, 0) is 5.41 Å². The van der Waals surface area contributed by atoms with E-state index in [1.807, 2.05) is 85.8 Å². The van der Waals surface area contributed by atoms with E-state index in [1.54, 1.807) is 22.0 Å². The van der Waals surface area contributed by atoms with Crippen LogP contribution in [0.25, 0.3) is 16.5 Å². The summed E-state index contributed by atoms with van der Waals surface area (Å²) < 4.78 is 1.76. The Balaban J connectivity index is 1.46. The van der Waals surface area contributed by atoms with Crippen molar-refractivity contribution < 1.29 is 9.90 Å². The maximum absolute atomic E-state index is 13.3. The van der Waals surface area contributed by atoms with Crippen LogP contribution >= 0.6 is 0 Å². The van der Waals surface area contributed by atoms with E-state index in [1.165, 1.54) is 0 Å². The molecule has 3 N–H and O–H groups in total. The number of benzene rings is 3. The third-order valence-electron chi connectivity index (χ3n) is 6.55. The number of carbonyl (C=O) groups is 1. The Morgan fingerprint density at radius 1 is 0.923 bits per heavy atom. The van der Waals surface area contributed by atoms with E-state index in [0.717, 1.165) is 39.1 Å². The molecule has 2 heterocycles. The summed E-state index contributed by atoms with van der Waals surface area (Å²) in [5.74, 6) is 0.575. The molecule has 198 valence electrons. The lowest BCUT2D eigenvalue weighted by atomic mass is 9.92. The summed E-state index contributed by atoms with van der Waals surface area (Å²) in [6, 6.07) is 24.7. The zero-order valence-electron chi connectivity index (χ0n) is 22.5. The predicted molar refractivity (Wildman–Crippen MR) is 157 cm³/mol. The summed E-state index contributed by atoms with van der Waals surface area (Å²) in [7, 11) is 0. The Labute approximate surface area is 227 Å². The molecule has 2 amide bonds. The maximum Gasteiger partial charge on any atom is 0.324 e. The second kappa shape index (κ2) is 10.6. The first-order chi connectivity index (χ1) is 18.7. The number of carbonyl (C=O) groups excluding carboxylic acids is 1. The minimum atomic E-state index is -0.380. The maximum atomic E-state index is 13.3. The Morgan fingerprint density at radius 3 is 2.28 bits per heavy atom. The molecule has 5 rings (SSSR count). The van der Waals surface area contributed by atoms with Crippen LogP contribution in [0.15, 0.2) is 91.3 Å². The van der Waals surface area contributed by atoms with Gasteiger partial charge in [-0.1, -0.05) is 62.7 Å². The minimum Gasteiger partial charge on any atom is -0.376 e. The van der Waals surface area contributed by atoms with E-state index in [4.69, 9.17) is 5.10 Å². The summed E-state index contributed by atoms with van der Waals surface area (Å²) in [6.07, 6.45) is 3.37. The molecule has 8 nitrogen and oxygen atoms in total. The fourth-order valence-corrected chi connectivity index (χ4v) is 4.44. The number of hydrogen-bond acceptors (Lipinski definition) is 5. The molecule has 0 unspecified atom stereocenters. The van der Waals surface area contributed by atoms with Gasteiger partial charge in [0.2, 0.25) is 0 Å². The fourth-order valence-electron chi connectivity index (χ4n) is 4.44. The summed E-state index contributed by atoms with van der Waals surface area (Å²) in [5.41, 5.74) is 4.97. The molecule has 8 heteroatoms. The van der Waals surface area contributed by atoms with E-state index >= 15 is 0 Å². The Kier molecular flexibility index (Phi) is 7.04. The van der Waals surface area contributed by atoms with Gasteiger partial charge in [-0.25, -0.2) is 9.48 Å². The van der Waals surface area contributed by atoms with Gasteiger partial charge in [-0.2, -0.15) is 5.10 Å². The molecule has 0 spiro atoms. The zero-order chi connectivity index (χ0) is 27.6. The van der Waals surface area contributed by atoms with E-state index in [2.05, 4.69) is 36.4 Å². The molecule has 5 aromatic rings. The highest BCUT2D eigenvalue weighted by Gasteiger charge is 2.22. The van der Waals surface area contributed by atoms with Gasteiger partial charge < -0.3 is 15.3 Å². The number of urea groups is 1.